The maximum absolute atomic E-state index is 14.7. The first-order valence-electron chi connectivity index (χ1n) is 27.0. The summed E-state index contributed by atoms with van der Waals surface area (Å²) in [6, 6.07) is 8.84. The van der Waals surface area contributed by atoms with E-state index in [1.54, 1.807) is 13.0 Å². The normalized spacial score (nSPS) is 28.8. The van der Waals surface area contributed by atoms with Crippen LogP contribution < -0.4 is 32.3 Å². The monoisotopic (exact) mass is 991 g/mol. The Kier molecular flexibility index (Phi) is 17.3. The van der Waals surface area contributed by atoms with Gasteiger partial charge in [0.15, 0.2) is 0 Å². The lowest BCUT2D eigenvalue weighted by atomic mass is 9.49. The van der Waals surface area contributed by atoms with Crippen molar-refractivity contribution in [2.75, 3.05) is 18.5 Å². The molecular weight excluding hydrogens is 909 g/mol. The fraction of sp³-hybridized carbons (Fsp3) is 0.655. The summed E-state index contributed by atoms with van der Waals surface area (Å²) in [6.07, 6.45) is 14.3. The first-order chi connectivity index (χ1) is 34.2. The zero-order valence-corrected chi connectivity index (χ0v) is 44.0. The Morgan fingerprint density at radius 2 is 1.36 bits per heavy atom. The summed E-state index contributed by atoms with van der Waals surface area (Å²) in [5.41, 5.74) is 9.20. The Bertz CT molecular complexity index is 2430. The largest absolute Gasteiger partial charge is 0.508 e. The van der Waals surface area contributed by atoms with E-state index in [0.29, 0.717) is 44.3 Å². The maximum atomic E-state index is 14.7. The first-order valence-corrected chi connectivity index (χ1v) is 27.0. The number of aromatic hydroxyl groups is 1. The van der Waals surface area contributed by atoms with E-state index in [0.717, 1.165) is 94.6 Å². The number of imide groups is 1. The smallest absolute Gasteiger partial charge is 0.246 e. The van der Waals surface area contributed by atoms with Gasteiger partial charge in [-0.2, -0.15) is 0 Å². The molecule has 14 nitrogen and oxygen atoms in total. The first kappa shape index (κ1) is 54.5. The second-order valence-corrected chi connectivity index (χ2v) is 23.2. The second kappa shape index (κ2) is 22.9. The molecule has 0 saturated heterocycles. The lowest BCUT2D eigenvalue weighted by Crippen LogP contribution is -2.60. The lowest BCUT2D eigenvalue weighted by Gasteiger charge is -2.56. The predicted octanol–water partition coefficient (Wildman–Crippen LogP) is 7.31. The fourth-order valence-electron chi connectivity index (χ4n) is 13.5. The number of carbonyl (C=O) groups is 6. The van der Waals surface area contributed by atoms with Gasteiger partial charge >= 0.3 is 0 Å². The number of phenolic OH excluding ortho intramolecular Hbond substituents is 1. The van der Waals surface area contributed by atoms with Crippen LogP contribution in [0.25, 0.3) is 0 Å². The van der Waals surface area contributed by atoms with Crippen molar-refractivity contribution in [1.82, 2.24) is 21.3 Å². The average molecular weight is 991 g/mol. The number of aryl methyl sites for hydroxylation is 2. The van der Waals surface area contributed by atoms with Crippen LogP contribution in [-0.4, -0.2) is 77.9 Å². The van der Waals surface area contributed by atoms with Crippen LogP contribution in [0.4, 0.5) is 5.69 Å². The van der Waals surface area contributed by atoms with Crippen LogP contribution in [0.5, 0.6) is 5.75 Å². The van der Waals surface area contributed by atoms with Crippen LogP contribution >= 0.6 is 0 Å². The highest BCUT2D eigenvalue weighted by Gasteiger charge is 2.58. The van der Waals surface area contributed by atoms with Crippen LogP contribution in [0.1, 0.15) is 173 Å². The molecule has 8 N–H and O–H groups in total. The van der Waals surface area contributed by atoms with Crippen LogP contribution in [0.15, 0.2) is 36.4 Å². The highest BCUT2D eigenvalue weighted by molar-refractivity contribution is 6.01. The molecule has 7 rings (SSSR count). The van der Waals surface area contributed by atoms with Gasteiger partial charge in [-0.1, -0.05) is 78.9 Å². The van der Waals surface area contributed by atoms with Crippen molar-refractivity contribution >= 4 is 41.1 Å². The van der Waals surface area contributed by atoms with Gasteiger partial charge < -0.3 is 36.8 Å². The Balaban J connectivity index is 0.907. The Morgan fingerprint density at radius 1 is 0.736 bits per heavy atom. The number of amides is 6. The SMILES string of the molecule is CC(NC(=O)C(NC(=O)C(N)CCCCNC(=O)COC1C#CCCCCC1)C(C)C)C(=O)Nc1ccc2c(c1)[C@@]1(C)CCC[C@](C)(C(=O)NC(=O)[C@@]3(C)CCC[C@]4(C)c5cc(O)ccc5CC[C@@H]34)[C@@H]1CC2. The number of nitrogens with two attached hydrogens (primary N) is 1. The van der Waals surface area contributed by atoms with E-state index in [1.165, 1.54) is 11.1 Å². The van der Waals surface area contributed by atoms with Crippen LogP contribution in [0, 0.1) is 40.4 Å². The number of nitrogens with one attached hydrogen (secondary N) is 5. The molecule has 6 amide bonds. The molecule has 0 aliphatic heterocycles. The number of ether oxygens (including phenoxy) is 1. The Labute approximate surface area is 427 Å². The number of hydrogen-bond acceptors (Lipinski definition) is 9. The van der Waals surface area contributed by atoms with Gasteiger partial charge in [-0.15, -0.1) is 5.92 Å². The number of rotatable bonds is 17. The summed E-state index contributed by atoms with van der Waals surface area (Å²) in [6.45, 7) is 14.1. The number of unbranched alkanes of at least 4 members (excludes halogenated alkanes) is 1. The van der Waals surface area contributed by atoms with Gasteiger partial charge in [0.05, 0.1) is 16.9 Å². The van der Waals surface area contributed by atoms with Gasteiger partial charge in [0.1, 0.15) is 30.5 Å². The summed E-state index contributed by atoms with van der Waals surface area (Å²) >= 11 is 0. The van der Waals surface area contributed by atoms with Gasteiger partial charge in [0, 0.05) is 18.7 Å². The molecule has 10 atom stereocenters. The zero-order chi connectivity index (χ0) is 52.0. The molecule has 0 heterocycles. The molecular formula is C58H82N6O8. The molecule has 5 aliphatic carbocycles. The topological polar surface area (TPSA) is 218 Å². The van der Waals surface area contributed by atoms with Crippen molar-refractivity contribution < 1.29 is 38.6 Å². The standard InChI is InChI=1S/C58H82N6O8/c1-36(2)49(63-51(68)45(59)19-13-14-32-60-48(66)35-72-42-17-11-9-8-10-12-18-42)52(69)61-37(3)50(67)62-40-24-20-38-22-26-46-55(4,43(38)33-40)28-15-30-57(46,6)53(70)64-54(71)58(7)31-16-29-56(5)44-34-41(65)25-21-39(44)23-27-47(56)58/h20-21,24-25,33-34,36-37,42,45-47,49,65H,8-11,13-17,19,22-23,26-32,35,59H2,1-7H3,(H,60,66)(H,61,69)(H,62,67)(H,63,68)(H,64,70,71)/t37?,42?,45?,46-,47-,49?,55-,56-,57+,58+/m1/s1. The fourth-order valence-corrected chi connectivity index (χ4v) is 13.5. The van der Waals surface area contributed by atoms with Crippen molar-refractivity contribution in [2.45, 2.75) is 199 Å². The summed E-state index contributed by atoms with van der Waals surface area (Å²) < 4.78 is 5.70. The van der Waals surface area contributed by atoms with Crippen LogP contribution in [-0.2, 0) is 57.2 Å². The van der Waals surface area contributed by atoms with Gasteiger partial charge in [0.25, 0.3) is 0 Å². The van der Waals surface area contributed by atoms with Gasteiger partial charge in [-0.05, 0) is 172 Å². The van der Waals surface area contributed by atoms with Crippen molar-refractivity contribution in [3.8, 4) is 17.6 Å². The summed E-state index contributed by atoms with van der Waals surface area (Å²) in [5, 5.41) is 24.9. The molecule has 2 aromatic rings. The van der Waals surface area contributed by atoms with E-state index in [2.05, 4.69) is 52.3 Å². The quantitative estimate of drug-likeness (QED) is 0.0480. The molecule has 0 aromatic heterocycles. The van der Waals surface area contributed by atoms with Gasteiger partial charge in [-0.3, -0.25) is 34.1 Å². The second-order valence-electron chi connectivity index (χ2n) is 23.2. The minimum atomic E-state index is -0.937. The molecule has 0 radical (unpaired) electrons. The number of phenols is 1. The summed E-state index contributed by atoms with van der Waals surface area (Å²) in [5.74, 6) is 4.11. The van der Waals surface area contributed by atoms with E-state index in [1.807, 2.05) is 58.0 Å². The molecule has 392 valence electrons. The van der Waals surface area contributed by atoms with E-state index < -0.39 is 52.1 Å². The molecule has 72 heavy (non-hydrogen) atoms. The summed E-state index contributed by atoms with van der Waals surface area (Å²) in [4.78, 5) is 82.1. The van der Waals surface area contributed by atoms with Crippen molar-refractivity contribution in [3.63, 3.8) is 0 Å². The maximum Gasteiger partial charge on any atom is 0.246 e. The molecule has 2 fully saturated rings. The highest BCUT2D eigenvalue weighted by Crippen LogP contribution is 2.60. The predicted molar refractivity (Wildman–Crippen MR) is 278 cm³/mol. The van der Waals surface area contributed by atoms with Gasteiger partial charge in [0.2, 0.25) is 35.4 Å². The number of fused-ring (bicyclic) bond motifs is 6. The number of hydrogen-bond donors (Lipinski definition) is 7. The van der Waals surface area contributed by atoms with Crippen LogP contribution in [0.3, 0.4) is 0 Å². The number of benzene rings is 2. The van der Waals surface area contributed by atoms with Gasteiger partial charge in [-0.25, -0.2) is 0 Å². The van der Waals surface area contributed by atoms with E-state index >= 15 is 0 Å². The number of anilines is 1. The highest BCUT2D eigenvalue weighted by atomic mass is 16.5. The molecule has 0 spiro atoms. The Hall–Kier alpha value is -5.26. The van der Waals surface area contributed by atoms with Crippen LogP contribution in [0.2, 0.25) is 0 Å². The minimum absolute atomic E-state index is 0.0244. The third-order valence-electron chi connectivity index (χ3n) is 17.8. The molecule has 0 bridgehead atoms. The van der Waals surface area contributed by atoms with E-state index in [9.17, 15) is 33.9 Å². The lowest BCUT2D eigenvalue weighted by molar-refractivity contribution is -0.150. The average Bonchev–Trinajstić information content (AvgIpc) is 3.32. The minimum Gasteiger partial charge on any atom is -0.508 e. The molecule has 2 saturated carbocycles. The number of carbonyl (C=O) groups excluding carboxylic acids is 6. The molecule has 4 unspecified atom stereocenters. The summed E-state index contributed by atoms with van der Waals surface area (Å²) in [7, 11) is 0. The van der Waals surface area contributed by atoms with Crippen molar-refractivity contribution in [2.24, 2.45) is 34.3 Å². The zero-order valence-electron chi connectivity index (χ0n) is 44.0. The Morgan fingerprint density at radius 3 is 2.00 bits per heavy atom. The van der Waals surface area contributed by atoms with E-state index in [4.69, 9.17) is 10.5 Å². The molecule has 2 aromatic carbocycles. The third kappa shape index (κ3) is 11.7. The third-order valence-corrected chi connectivity index (χ3v) is 17.8. The van der Waals surface area contributed by atoms with Crippen molar-refractivity contribution in [3.05, 3.63) is 58.7 Å². The van der Waals surface area contributed by atoms with Crippen molar-refractivity contribution in [1.29, 1.82) is 0 Å². The van der Waals surface area contributed by atoms with E-state index in [-0.39, 0.29) is 59.4 Å². The molecule has 5 aliphatic rings. The molecule has 14 heteroatoms.